The summed E-state index contributed by atoms with van der Waals surface area (Å²) in [5, 5.41) is 10.4. The number of phenolic OH excluding ortho intramolecular Hbond substituents is 1. The van der Waals surface area contributed by atoms with E-state index >= 15 is 0 Å². The Morgan fingerprint density at radius 2 is 1.26 bits per heavy atom. The Kier molecular flexibility index (Phi) is 28.1. The van der Waals surface area contributed by atoms with Gasteiger partial charge in [0.15, 0.2) is 0 Å². The second kappa shape index (κ2) is 23.2. The summed E-state index contributed by atoms with van der Waals surface area (Å²) in [6, 6.07) is 0. The largest absolute Gasteiger partial charge is 1.00 e. The molecule has 210 valence electrons. The first kappa shape index (κ1) is 47.2. The molecule has 10 heteroatoms. The molecule has 39 heavy (non-hydrogen) atoms. The van der Waals surface area contributed by atoms with Gasteiger partial charge in [-0.1, -0.05) is 72.6 Å². The molecule has 0 radical (unpaired) electrons. The van der Waals surface area contributed by atoms with Gasteiger partial charge in [0, 0.05) is 5.56 Å². The van der Waals surface area contributed by atoms with Crippen LogP contribution in [0.3, 0.4) is 0 Å². The third-order valence-corrected chi connectivity index (χ3v) is 7.87. The number of aromatic hydroxyl groups is 1. The van der Waals surface area contributed by atoms with Gasteiger partial charge in [-0.2, -0.15) is 7.82 Å². The second-order valence-electron chi connectivity index (χ2n) is 11.9. The van der Waals surface area contributed by atoms with E-state index in [9.17, 15) is 5.11 Å². The molecule has 0 aromatic heterocycles. The minimum Gasteiger partial charge on any atom is -0.822 e. The van der Waals surface area contributed by atoms with Crippen LogP contribution in [-0.2, 0) is 11.0 Å². The fraction of sp³-hybridized carbons (Fsp3) is 0.793. The topological polar surface area (TPSA) is 116 Å². The average Bonchev–Trinajstić information content (AvgIpc) is 2.74. The van der Waals surface area contributed by atoms with Crippen LogP contribution in [-0.4, -0.2) is 10.7 Å². The van der Waals surface area contributed by atoms with Crippen LogP contribution >= 0.6 is 7.82 Å². The smallest absolute Gasteiger partial charge is 0.822 e. The number of fused-ring (bicyclic) bond motifs is 1. The first-order chi connectivity index (χ1) is 16.5. The van der Waals surface area contributed by atoms with Gasteiger partial charge in [-0.15, -0.1) is 0 Å². The van der Waals surface area contributed by atoms with Crippen molar-refractivity contribution >= 4 is 7.82 Å². The Morgan fingerprint density at radius 3 is 1.72 bits per heavy atom. The number of benzene rings is 1. The van der Waals surface area contributed by atoms with Crippen molar-refractivity contribution in [2.75, 3.05) is 0 Å². The zero-order valence-corrected chi connectivity index (χ0v) is 37.2. The van der Waals surface area contributed by atoms with E-state index in [2.05, 4.69) is 41.5 Å². The summed E-state index contributed by atoms with van der Waals surface area (Å²) in [7, 11) is -5.39. The van der Waals surface area contributed by atoms with E-state index in [4.69, 9.17) is 24.0 Å². The maximum atomic E-state index is 10.4. The van der Waals surface area contributed by atoms with E-state index in [0.717, 1.165) is 59.5 Å². The summed E-state index contributed by atoms with van der Waals surface area (Å²) < 4.78 is 15.2. The molecule has 6 nitrogen and oxygen atoms in total. The van der Waals surface area contributed by atoms with Gasteiger partial charge in [0.2, 0.25) is 0 Å². The number of phenols is 1. The SMILES string of the molecule is Cc1c(C)c2c(c(C)c1O)CC[C@@](C)(CCC[C@H](C)CCC[C@H](C)CCCC(C)C)O2.O=P([O-])([O-])[O-].[K+].[K+].[K+]. The average molecular weight is 643 g/mol. The molecule has 0 unspecified atom stereocenters. The van der Waals surface area contributed by atoms with Crippen molar-refractivity contribution in [2.24, 2.45) is 17.8 Å². The van der Waals surface area contributed by atoms with Crippen molar-refractivity contribution in [1.29, 1.82) is 0 Å². The van der Waals surface area contributed by atoms with Crippen molar-refractivity contribution in [1.82, 2.24) is 0 Å². The van der Waals surface area contributed by atoms with Crippen molar-refractivity contribution in [2.45, 2.75) is 132 Å². The Bertz CT molecular complexity index is 869. The van der Waals surface area contributed by atoms with Gasteiger partial charge in [-0.25, -0.2) is 0 Å². The van der Waals surface area contributed by atoms with Crippen LogP contribution in [0.5, 0.6) is 11.5 Å². The number of ether oxygens (including phenoxy) is 1. The summed E-state index contributed by atoms with van der Waals surface area (Å²) in [4.78, 5) is 25.6. The maximum Gasteiger partial charge on any atom is 1.00 e. The number of hydrogen-bond donors (Lipinski definition) is 1. The fourth-order valence-corrected chi connectivity index (χ4v) is 5.27. The van der Waals surface area contributed by atoms with E-state index in [1.165, 1.54) is 56.9 Å². The third kappa shape index (κ3) is 19.8. The molecule has 0 fully saturated rings. The number of phosphoric acid groups is 1. The monoisotopic (exact) mass is 642 g/mol. The van der Waals surface area contributed by atoms with Gasteiger partial charge in [-0.3, -0.25) is 0 Å². The Morgan fingerprint density at radius 1 is 0.821 bits per heavy atom. The minimum atomic E-state index is -5.39. The van der Waals surface area contributed by atoms with Crippen LogP contribution in [0.4, 0.5) is 0 Å². The van der Waals surface area contributed by atoms with Crippen LogP contribution in [0.2, 0.25) is 0 Å². The standard InChI is InChI=1S/C29H50O2.3K.H3O4P/c1-20(2)12-9-13-21(3)14-10-15-22(4)16-11-18-29(8)19-17-26-25(7)27(30)23(5)24(6)28(26)31-29;;;;1-5(2,3)4/h20-22,30H,9-19H2,1-8H3;;;;(H3,1,2,3,4)/q;3*+1;/p-3/t21-,22-,29-;;;;/m1..../s1. The molecule has 0 saturated heterocycles. The normalized spacial score (nSPS) is 17.7. The molecule has 1 aromatic carbocycles. The van der Waals surface area contributed by atoms with Gasteiger partial charge in [-0.05, 0) is 87.8 Å². The molecule has 0 amide bonds. The summed E-state index contributed by atoms with van der Waals surface area (Å²) in [5.41, 5.74) is 4.23. The summed E-state index contributed by atoms with van der Waals surface area (Å²) in [6.07, 6.45) is 14.1. The predicted octanol–water partition coefficient (Wildman–Crippen LogP) is -2.97. The van der Waals surface area contributed by atoms with E-state index < -0.39 is 7.82 Å². The maximum absolute atomic E-state index is 10.4. The third-order valence-electron chi connectivity index (χ3n) is 7.87. The van der Waals surface area contributed by atoms with Gasteiger partial charge >= 0.3 is 154 Å². The molecule has 0 bridgehead atoms. The van der Waals surface area contributed by atoms with Gasteiger partial charge in [0.1, 0.15) is 17.1 Å². The van der Waals surface area contributed by atoms with E-state index in [1.54, 1.807) is 0 Å². The Balaban J connectivity index is -0.00000148. The first-order valence-corrected chi connectivity index (χ1v) is 15.2. The molecular weight excluding hydrogens is 593 g/mol. The van der Waals surface area contributed by atoms with Gasteiger partial charge in [0.05, 0.1) is 0 Å². The zero-order valence-electron chi connectivity index (χ0n) is 26.9. The second-order valence-corrected chi connectivity index (χ2v) is 12.8. The van der Waals surface area contributed by atoms with Crippen LogP contribution in [0.1, 0.15) is 121 Å². The van der Waals surface area contributed by atoms with Gasteiger partial charge < -0.3 is 29.1 Å². The molecule has 1 aliphatic heterocycles. The Hall–Kier alpha value is 3.84. The molecule has 1 heterocycles. The molecule has 1 N–H and O–H groups in total. The summed E-state index contributed by atoms with van der Waals surface area (Å²) >= 11 is 0. The van der Waals surface area contributed by atoms with Crippen molar-refractivity contribution in [3.05, 3.63) is 22.3 Å². The molecule has 0 spiro atoms. The van der Waals surface area contributed by atoms with Crippen LogP contribution in [0.15, 0.2) is 0 Å². The first-order valence-electron chi connectivity index (χ1n) is 13.8. The van der Waals surface area contributed by atoms with E-state index in [0.29, 0.717) is 5.75 Å². The molecular formula is C29H50K3O6P. The fourth-order valence-electron chi connectivity index (χ4n) is 5.27. The van der Waals surface area contributed by atoms with Crippen LogP contribution < -0.4 is 174 Å². The molecule has 1 aliphatic rings. The van der Waals surface area contributed by atoms with Crippen molar-refractivity contribution in [3.63, 3.8) is 0 Å². The van der Waals surface area contributed by atoms with E-state index in [1.807, 2.05) is 13.8 Å². The molecule has 0 saturated carbocycles. The van der Waals surface area contributed by atoms with Crippen molar-refractivity contribution in [3.8, 4) is 11.5 Å². The molecule has 2 rings (SSSR count). The number of hydrogen-bond acceptors (Lipinski definition) is 6. The molecule has 0 aliphatic carbocycles. The quantitative estimate of drug-likeness (QED) is 0.192. The van der Waals surface area contributed by atoms with Crippen molar-refractivity contribution < 1.29 is 183 Å². The van der Waals surface area contributed by atoms with Crippen LogP contribution in [0.25, 0.3) is 0 Å². The number of rotatable bonds is 12. The zero-order chi connectivity index (χ0) is 27.7. The summed E-state index contributed by atoms with van der Waals surface area (Å²) in [5.74, 6) is 4.04. The summed E-state index contributed by atoms with van der Waals surface area (Å²) in [6.45, 7) is 17.9. The minimum absolute atomic E-state index is 0. The molecule has 3 atom stereocenters. The van der Waals surface area contributed by atoms with Crippen LogP contribution in [0, 0.1) is 38.5 Å². The van der Waals surface area contributed by atoms with Gasteiger partial charge in [0.25, 0.3) is 0 Å². The predicted molar refractivity (Wildman–Crippen MR) is 142 cm³/mol. The molecule has 1 aromatic rings. The Labute approximate surface area is 366 Å². The van der Waals surface area contributed by atoms with E-state index in [-0.39, 0.29) is 160 Å².